The molecule has 1 aromatic carbocycles. The van der Waals surface area contributed by atoms with E-state index in [1.165, 1.54) is 0 Å². The zero-order valence-electron chi connectivity index (χ0n) is 11.4. The first-order valence-corrected chi connectivity index (χ1v) is 7.06. The van der Waals surface area contributed by atoms with E-state index in [1.807, 2.05) is 18.5 Å². The molecule has 20 heavy (non-hydrogen) atoms. The summed E-state index contributed by atoms with van der Waals surface area (Å²) >= 11 is 3.52. The molecule has 2 aromatic rings. The lowest BCUT2D eigenvalue weighted by Gasteiger charge is -2.08. The van der Waals surface area contributed by atoms with Gasteiger partial charge in [0, 0.05) is 12.1 Å². The number of hydrogen-bond acceptors (Lipinski definition) is 3. The molecule has 2 N–H and O–H groups in total. The molecule has 0 bridgehead atoms. The Morgan fingerprint density at radius 3 is 2.60 bits per heavy atom. The number of aryl methyl sites for hydroxylation is 2. The standard InChI is InChI=1S/C14H16BrN3O2/c1-3-18-12(13(15)9(2)17-18)8-20-11-6-4-10(5-7-11)14(16)19/h4-7H,3,8H2,1-2H3,(H2,16,19). The van der Waals surface area contributed by atoms with Crippen molar-refractivity contribution in [2.24, 2.45) is 5.73 Å². The van der Waals surface area contributed by atoms with Crippen LogP contribution in [0.5, 0.6) is 5.75 Å². The lowest BCUT2D eigenvalue weighted by atomic mass is 10.2. The van der Waals surface area contributed by atoms with Gasteiger partial charge in [0.1, 0.15) is 12.4 Å². The quantitative estimate of drug-likeness (QED) is 0.911. The summed E-state index contributed by atoms with van der Waals surface area (Å²) in [5.41, 5.74) is 7.59. The zero-order chi connectivity index (χ0) is 14.7. The molecule has 0 aliphatic heterocycles. The van der Waals surface area contributed by atoms with E-state index in [0.717, 1.165) is 22.4 Å². The van der Waals surface area contributed by atoms with Gasteiger partial charge in [0.25, 0.3) is 0 Å². The van der Waals surface area contributed by atoms with E-state index in [4.69, 9.17) is 10.5 Å². The Bertz CT molecular complexity index is 620. The van der Waals surface area contributed by atoms with Crippen LogP contribution in [-0.2, 0) is 13.2 Å². The normalized spacial score (nSPS) is 10.6. The molecule has 2 rings (SSSR count). The molecule has 106 valence electrons. The first-order chi connectivity index (χ1) is 9.52. The van der Waals surface area contributed by atoms with Crippen molar-refractivity contribution >= 4 is 21.8 Å². The molecule has 0 aliphatic carbocycles. The van der Waals surface area contributed by atoms with Crippen LogP contribution < -0.4 is 10.5 Å². The zero-order valence-corrected chi connectivity index (χ0v) is 13.0. The number of carbonyl (C=O) groups excluding carboxylic acids is 1. The summed E-state index contributed by atoms with van der Waals surface area (Å²) in [5.74, 6) is 0.238. The van der Waals surface area contributed by atoms with Crippen LogP contribution in [0.4, 0.5) is 0 Å². The highest BCUT2D eigenvalue weighted by molar-refractivity contribution is 9.10. The summed E-state index contributed by atoms with van der Waals surface area (Å²) in [6, 6.07) is 6.76. The van der Waals surface area contributed by atoms with E-state index < -0.39 is 5.91 Å². The fraction of sp³-hybridized carbons (Fsp3) is 0.286. The summed E-state index contributed by atoms with van der Waals surface area (Å²) in [4.78, 5) is 11.0. The van der Waals surface area contributed by atoms with Crippen molar-refractivity contribution in [1.82, 2.24) is 9.78 Å². The van der Waals surface area contributed by atoms with Crippen LogP contribution in [0.3, 0.4) is 0 Å². The highest BCUT2D eigenvalue weighted by Crippen LogP contribution is 2.23. The van der Waals surface area contributed by atoms with E-state index in [-0.39, 0.29) is 0 Å². The summed E-state index contributed by atoms with van der Waals surface area (Å²) in [5, 5.41) is 4.41. The Hall–Kier alpha value is -1.82. The van der Waals surface area contributed by atoms with Crippen LogP contribution in [0, 0.1) is 6.92 Å². The van der Waals surface area contributed by atoms with Gasteiger partial charge in [-0.2, -0.15) is 5.10 Å². The Kier molecular flexibility index (Phi) is 4.44. The third-order valence-corrected chi connectivity index (χ3v) is 4.00. The van der Waals surface area contributed by atoms with Crippen molar-refractivity contribution in [3.05, 3.63) is 45.7 Å². The summed E-state index contributed by atoms with van der Waals surface area (Å²) in [6.07, 6.45) is 0. The first kappa shape index (κ1) is 14.6. The van der Waals surface area contributed by atoms with Crippen LogP contribution in [0.25, 0.3) is 0 Å². The minimum Gasteiger partial charge on any atom is -0.487 e. The molecule has 0 spiro atoms. The van der Waals surface area contributed by atoms with Gasteiger partial charge >= 0.3 is 0 Å². The van der Waals surface area contributed by atoms with E-state index in [1.54, 1.807) is 24.3 Å². The fourth-order valence-corrected chi connectivity index (χ4v) is 2.27. The minimum absolute atomic E-state index is 0.408. The fourth-order valence-electron chi connectivity index (χ4n) is 1.87. The Morgan fingerprint density at radius 2 is 2.05 bits per heavy atom. The SMILES string of the molecule is CCn1nc(C)c(Br)c1COc1ccc(C(N)=O)cc1. The van der Waals surface area contributed by atoms with Crippen LogP contribution in [0.1, 0.15) is 28.7 Å². The maximum absolute atomic E-state index is 11.0. The van der Waals surface area contributed by atoms with Crippen molar-refractivity contribution in [3.63, 3.8) is 0 Å². The van der Waals surface area contributed by atoms with Crippen molar-refractivity contribution in [2.45, 2.75) is 27.0 Å². The average molecular weight is 338 g/mol. The van der Waals surface area contributed by atoms with Gasteiger partial charge in [0.05, 0.1) is 15.9 Å². The number of carbonyl (C=O) groups is 1. The van der Waals surface area contributed by atoms with Gasteiger partial charge in [0.15, 0.2) is 0 Å². The number of primary amides is 1. The predicted octanol–water partition coefficient (Wildman–Crippen LogP) is 2.65. The summed E-state index contributed by atoms with van der Waals surface area (Å²) in [7, 11) is 0. The molecule has 1 aromatic heterocycles. The van der Waals surface area contributed by atoms with Crippen LogP contribution in [0.2, 0.25) is 0 Å². The molecule has 0 saturated carbocycles. The van der Waals surface area contributed by atoms with Crippen molar-refractivity contribution in [1.29, 1.82) is 0 Å². The molecule has 0 saturated heterocycles. The third kappa shape index (κ3) is 3.01. The van der Waals surface area contributed by atoms with Crippen LogP contribution in [-0.4, -0.2) is 15.7 Å². The number of halogens is 1. The number of nitrogens with two attached hydrogens (primary N) is 1. The van der Waals surface area contributed by atoms with Gasteiger partial charge in [-0.15, -0.1) is 0 Å². The number of ether oxygens (including phenoxy) is 1. The number of amides is 1. The Morgan fingerprint density at radius 1 is 1.40 bits per heavy atom. The molecule has 1 heterocycles. The number of nitrogens with zero attached hydrogens (tertiary/aromatic N) is 2. The van der Waals surface area contributed by atoms with Crippen molar-refractivity contribution in [2.75, 3.05) is 0 Å². The van der Waals surface area contributed by atoms with Gasteiger partial charge in [-0.3, -0.25) is 9.48 Å². The number of benzene rings is 1. The van der Waals surface area contributed by atoms with Gasteiger partial charge in [-0.05, 0) is 54.0 Å². The maximum atomic E-state index is 11.0. The Balaban J connectivity index is 2.10. The molecular weight excluding hydrogens is 322 g/mol. The first-order valence-electron chi connectivity index (χ1n) is 6.27. The molecule has 0 radical (unpaired) electrons. The summed E-state index contributed by atoms with van der Waals surface area (Å²) in [6.45, 7) is 5.17. The van der Waals surface area contributed by atoms with Gasteiger partial charge < -0.3 is 10.5 Å². The van der Waals surface area contributed by atoms with Crippen LogP contribution in [0.15, 0.2) is 28.7 Å². The molecule has 0 fully saturated rings. The van der Waals surface area contributed by atoms with Gasteiger partial charge in [-0.1, -0.05) is 0 Å². The molecule has 1 amide bonds. The number of rotatable bonds is 5. The lowest BCUT2D eigenvalue weighted by Crippen LogP contribution is -2.10. The second-order valence-corrected chi connectivity index (χ2v) is 5.13. The molecule has 5 nitrogen and oxygen atoms in total. The van der Waals surface area contributed by atoms with Crippen molar-refractivity contribution in [3.8, 4) is 5.75 Å². The predicted molar refractivity (Wildman–Crippen MR) is 79.6 cm³/mol. The number of aromatic nitrogens is 2. The number of hydrogen-bond donors (Lipinski definition) is 1. The van der Waals surface area contributed by atoms with E-state index in [9.17, 15) is 4.79 Å². The molecule has 0 aliphatic rings. The third-order valence-electron chi connectivity index (χ3n) is 2.97. The Labute approximate surface area is 125 Å². The van der Waals surface area contributed by atoms with Crippen molar-refractivity contribution < 1.29 is 9.53 Å². The topological polar surface area (TPSA) is 70.1 Å². The van der Waals surface area contributed by atoms with Gasteiger partial charge in [0.2, 0.25) is 5.91 Å². The van der Waals surface area contributed by atoms with E-state index in [2.05, 4.69) is 21.0 Å². The molecule has 0 atom stereocenters. The van der Waals surface area contributed by atoms with Crippen LogP contribution >= 0.6 is 15.9 Å². The molecule has 0 unspecified atom stereocenters. The largest absolute Gasteiger partial charge is 0.487 e. The minimum atomic E-state index is -0.445. The highest BCUT2D eigenvalue weighted by atomic mass is 79.9. The summed E-state index contributed by atoms with van der Waals surface area (Å²) < 4.78 is 8.59. The maximum Gasteiger partial charge on any atom is 0.248 e. The van der Waals surface area contributed by atoms with E-state index >= 15 is 0 Å². The highest BCUT2D eigenvalue weighted by Gasteiger charge is 2.12. The molecule has 6 heteroatoms. The smallest absolute Gasteiger partial charge is 0.248 e. The molecular formula is C14H16BrN3O2. The van der Waals surface area contributed by atoms with E-state index in [0.29, 0.717) is 17.9 Å². The second kappa shape index (κ2) is 6.09. The second-order valence-electron chi connectivity index (χ2n) is 4.34. The van der Waals surface area contributed by atoms with Gasteiger partial charge in [-0.25, -0.2) is 0 Å². The monoisotopic (exact) mass is 337 g/mol. The average Bonchev–Trinajstić information content (AvgIpc) is 2.72. The lowest BCUT2D eigenvalue weighted by molar-refractivity contribution is 0.100.